The number of alkyl halides is 3. The summed E-state index contributed by atoms with van der Waals surface area (Å²) in [5, 5.41) is 0. The first-order chi connectivity index (χ1) is 16.1. The number of anilines is 1. The average molecular weight is 479 g/mol. The van der Waals surface area contributed by atoms with Crippen LogP contribution in [-0.2, 0) is 6.42 Å². The van der Waals surface area contributed by atoms with E-state index in [-0.39, 0.29) is 5.82 Å². The van der Waals surface area contributed by atoms with Crippen molar-refractivity contribution in [2.24, 2.45) is 17.8 Å². The van der Waals surface area contributed by atoms with Crippen molar-refractivity contribution >= 4 is 5.82 Å². The van der Waals surface area contributed by atoms with Crippen LogP contribution in [0.2, 0.25) is 0 Å². The zero-order chi connectivity index (χ0) is 24.2. The van der Waals surface area contributed by atoms with Crippen LogP contribution in [0.5, 0.6) is 5.75 Å². The molecule has 0 spiro atoms. The van der Waals surface area contributed by atoms with Crippen molar-refractivity contribution in [2.45, 2.75) is 51.6 Å². The van der Waals surface area contributed by atoms with Crippen molar-refractivity contribution in [3.05, 3.63) is 24.3 Å². The summed E-state index contributed by atoms with van der Waals surface area (Å²) in [6.07, 6.45) is 1.84. The quantitative estimate of drug-likeness (QED) is 0.681. The standard InChI is InChI=1S/C24H33F3N6O/c1-14(2)8-21-30-19(15-9-20(23(28)29-12-15)34-24(25,26)27)13-33(21)22-17-10-16(11-18(17)22)32-6-4-31(3)5-7-32/h9,12-14,16-18,22H,4-8,10-11H2,1-3H3,(H2,28,29)/t16?,17-,18+,22?. The molecule has 0 bridgehead atoms. The molecule has 7 nitrogen and oxygen atoms in total. The van der Waals surface area contributed by atoms with Gasteiger partial charge in [-0.2, -0.15) is 0 Å². The monoisotopic (exact) mass is 478 g/mol. The number of rotatable bonds is 6. The molecule has 2 aromatic rings. The van der Waals surface area contributed by atoms with Gasteiger partial charge in [0.15, 0.2) is 11.6 Å². The van der Waals surface area contributed by atoms with Crippen LogP contribution >= 0.6 is 0 Å². The lowest BCUT2D eigenvalue weighted by Crippen LogP contribution is -2.48. The highest BCUT2D eigenvalue weighted by Crippen LogP contribution is 2.62. The number of nitrogens with zero attached hydrogens (tertiary/aromatic N) is 5. The van der Waals surface area contributed by atoms with E-state index in [0.29, 0.717) is 41.1 Å². The molecular formula is C24H33F3N6O. The molecule has 3 fully saturated rings. The average Bonchev–Trinajstić information content (AvgIpc) is 3.08. The molecule has 1 saturated heterocycles. The fourth-order valence-corrected chi connectivity index (χ4v) is 5.82. The van der Waals surface area contributed by atoms with Crippen LogP contribution in [0.3, 0.4) is 0 Å². The topological polar surface area (TPSA) is 72.4 Å². The van der Waals surface area contributed by atoms with Gasteiger partial charge < -0.3 is 19.9 Å². The van der Waals surface area contributed by atoms with Crippen LogP contribution in [0.4, 0.5) is 19.0 Å². The van der Waals surface area contributed by atoms with E-state index in [1.54, 1.807) is 0 Å². The number of piperazine rings is 1. The molecule has 10 heteroatoms. The molecule has 3 aliphatic rings. The number of aromatic nitrogens is 3. The summed E-state index contributed by atoms with van der Waals surface area (Å²) in [6, 6.07) is 2.37. The van der Waals surface area contributed by atoms with Gasteiger partial charge in [0.1, 0.15) is 5.82 Å². The molecule has 0 radical (unpaired) electrons. The maximum atomic E-state index is 12.8. The number of nitrogens with two attached hydrogens (primary N) is 1. The van der Waals surface area contributed by atoms with E-state index in [0.717, 1.165) is 38.4 Å². The molecule has 3 heterocycles. The Morgan fingerprint density at radius 3 is 2.44 bits per heavy atom. The second kappa shape index (κ2) is 8.71. The third kappa shape index (κ3) is 4.75. The summed E-state index contributed by atoms with van der Waals surface area (Å²) in [5.41, 5.74) is 6.69. The fraction of sp³-hybridized carbons (Fsp3) is 0.667. The van der Waals surface area contributed by atoms with Crippen molar-refractivity contribution in [1.29, 1.82) is 0 Å². The van der Waals surface area contributed by atoms with Gasteiger partial charge in [0.2, 0.25) is 0 Å². The third-order valence-corrected chi connectivity index (χ3v) is 7.55. The van der Waals surface area contributed by atoms with E-state index >= 15 is 0 Å². The summed E-state index contributed by atoms with van der Waals surface area (Å²) in [7, 11) is 2.18. The maximum absolute atomic E-state index is 12.8. The Labute approximate surface area is 198 Å². The minimum absolute atomic E-state index is 0.297. The zero-order valence-corrected chi connectivity index (χ0v) is 19.9. The number of likely N-dealkylation sites (N-methyl/N-ethyl adjacent to an activating group) is 1. The molecule has 4 atom stereocenters. The molecule has 2 unspecified atom stereocenters. The number of hydrogen-bond donors (Lipinski definition) is 1. The smallest absolute Gasteiger partial charge is 0.402 e. The summed E-state index contributed by atoms with van der Waals surface area (Å²) < 4.78 is 44.6. The van der Waals surface area contributed by atoms with Crippen molar-refractivity contribution < 1.29 is 17.9 Å². The van der Waals surface area contributed by atoms with Gasteiger partial charge in [-0.15, -0.1) is 13.2 Å². The predicted molar refractivity (Wildman–Crippen MR) is 123 cm³/mol. The van der Waals surface area contributed by atoms with Crippen LogP contribution in [0.15, 0.2) is 18.5 Å². The van der Waals surface area contributed by atoms with E-state index in [2.05, 4.69) is 45.0 Å². The van der Waals surface area contributed by atoms with E-state index < -0.39 is 12.1 Å². The van der Waals surface area contributed by atoms with Gasteiger partial charge in [0.05, 0.1) is 5.69 Å². The minimum Gasteiger partial charge on any atom is -0.402 e. The van der Waals surface area contributed by atoms with Crippen LogP contribution < -0.4 is 10.5 Å². The van der Waals surface area contributed by atoms with Gasteiger partial charge in [-0.3, -0.25) is 4.90 Å². The molecule has 2 N–H and O–H groups in total. The molecule has 186 valence electrons. The molecule has 2 aromatic heterocycles. The molecule has 1 aliphatic heterocycles. The van der Waals surface area contributed by atoms with E-state index in [1.165, 1.54) is 25.1 Å². The lowest BCUT2D eigenvalue weighted by molar-refractivity contribution is -0.274. The Morgan fingerprint density at radius 2 is 1.82 bits per heavy atom. The number of nitrogen functional groups attached to an aromatic ring is 1. The normalized spacial score (nSPS) is 27.9. The van der Waals surface area contributed by atoms with Crippen molar-refractivity contribution in [1.82, 2.24) is 24.3 Å². The molecule has 0 amide bonds. The molecule has 2 aliphatic carbocycles. The van der Waals surface area contributed by atoms with Crippen molar-refractivity contribution in [3.8, 4) is 17.0 Å². The Balaban J connectivity index is 1.35. The van der Waals surface area contributed by atoms with E-state index in [1.807, 2.05) is 6.20 Å². The van der Waals surface area contributed by atoms with Gasteiger partial charge in [0.25, 0.3) is 0 Å². The number of halogens is 3. The third-order valence-electron chi connectivity index (χ3n) is 7.55. The van der Waals surface area contributed by atoms with Gasteiger partial charge in [-0.1, -0.05) is 13.8 Å². The van der Waals surface area contributed by atoms with E-state index in [4.69, 9.17) is 10.7 Å². The molecular weight excluding hydrogens is 445 g/mol. The zero-order valence-electron chi connectivity index (χ0n) is 19.9. The lowest BCUT2D eigenvalue weighted by atomic mass is 10.1. The van der Waals surface area contributed by atoms with Crippen LogP contribution in [0, 0.1) is 17.8 Å². The first-order valence-corrected chi connectivity index (χ1v) is 12.1. The molecule has 0 aromatic carbocycles. The number of ether oxygens (including phenoxy) is 1. The Bertz CT molecular complexity index is 1020. The molecule has 2 saturated carbocycles. The largest absolute Gasteiger partial charge is 0.573 e. The summed E-state index contributed by atoms with van der Waals surface area (Å²) in [6.45, 7) is 8.85. The van der Waals surface area contributed by atoms with Crippen LogP contribution in [0.25, 0.3) is 11.3 Å². The first kappa shape index (κ1) is 23.4. The molecule has 34 heavy (non-hydrogen) atoms. The highest BCUT2D eigenvalue weighted by Gasteiger charge is 2.58. The minimum atomic E-state index is -4.83. The van der Waals surface area contributed by atoms with Gasteiger partial charge in [0, 0.05) is 62.6 Å². The Kier molecular flexibility index (Phi) is 6.00. The number of imidazole rings is 1. The summed E-state index contributed by atoms with van der Waals surface area (Å²) >= 11 is 0. The maximum Gasteiger partial charge on any atom is 0.573 e. The highest BCUT2D eigenvalue weighted by atomic mass is 19.4. The summed E-state index contributed by atoms with van der Waals surface area (Å²) in [5.74, 6) is 1.89. The predicted octanol–water partition coefficient (Wildman–Crippen LogP) is 3.82. The number of pyridine rings is 1. The second-order valence-electron chi connectivity index (χ2n) is 10.5. The Hall–Kier alpha value is -2.33. The molecule has 5 rings (SSSR count). The lowest BCUT2D eigenvalue weighted by Gasteiger charge is -2.37. The van der Waals surface area contributed by atoms with Gasteiger partial charge in [-0.05, 0) is 43.7 Å². The van der Waals surface area contributed by atoms with Crippen LogP contribution in [-0.4, -0.2) is 70.0 Å². The van der Waals surface area contributed by atoms with Crippen molar-refractivity contribution in [2.75, 3.05) is 39.0 Å². The van der Waals surface area contributed by atoms with Crippen molar-refractivity contribution in [3.63, 3.8) is 0 Å². The number of fused-ring (bicyclic) bond motifs is 1. The van der Waals surface area contributed by atoms with Crippen LogP contribution in [0.1, 0.15) is 38.6 Å². The summed E-state index contributed by atoms with van der Waals surface area (Å²) in [4.78, 5) is 13.8. The SMILES string of the molecule is CC(C)Cc1nc(-c2cnc(N)c(OC(F)(F)F)c2)cn1C1[C@H]2CC(N3CCN(C)CC3)C[C@@H]12. The Morgan fingerprint density at radius 1 is 1.15 bits per heavy atom. The highest BCUT2D eigenvalue weighted by molar-refractivity contribution is 5.64. The fourth-order valence-electron chi connectivity index (χ4n) is 5.82. The van der Waals surface area contributed by atoms with E-state index in [9.17, 15) is 13.2 Å². The second-order valence-corrected chi connectivity index (χ2v) is 10.5. The van der Waals surface area contributed by atoms with Gasteiger partial charge >= 0.3 is 6.36 Å². The van der Waals surface area contributed by atoms with Gasteiger partial charge in [-0.25, -0.2) is 9.97 Å². The number of hydrogen-bond acceptors (Lipinski definition) is 6. The first-order valence-electron chi connectivity index (χ1n) is 12.1.